The van der Waals surface area contributed by atoms with Gasteiger partial charge in [0.1, 0.15) is 6.67 Å². The van der Waals surface area contributed by atoms with Gasteiger partial charge in [-0.25, -0.2) is 4.39 Å². The number of hydrogen-bond donors (Lipinski definition) is 0. The molecule has 3 heteroatoms. The molecule has 1 fully saturated rings. The molecule has 0 bridgehead atoms. The fourth-order valence-corrected chi connectivity index (χ4v) is 1.89. The van der Waals surface area contributed by atoms with Crippen LogP contribution in [0, 0.1) is 5.92 Å². The molecule has 10 heavy (non-hydrogen) atoms. The zero-order chi connectivity index (χ0) is 7.40. The molecule has 0 N–H and O–H groups in total. The first-order chi connectivity index (χ1) is 4.86. The number of alkyl halides is 2. The SMILES string of the molecule is FCCN1CCC(CBr)C1. The van der Waals surface area contributed by atoms with Crippen molar-refractivity contribution in [3.8, 4) is 0 Å². The molecule has 1 saturated heterocycles. The van der Waals surface area contributed by atoms with E-state index < -0.39 is 0 Å². The molecular weight excluding hydrogens is 197 g/mol. The molecule has 1 nitrogen and oxygen atoms in total. The lowest BCUT2D eigenvalue weighted by molar-refractivity contribution is 0.290. The van der Waals surface area contributed by atoms with Gasteiger partial charge < -0.3 is 4.90 Å². The zero-order valence-corrected chi connectivity index (χ0v) is 7.61. The molecular formula is C7H13BrFN. The average molecular weight is 210 g/mol. The van der Waals surface area contributed by atoms with Crippen molar-refractivity contribution in [1.29, 1.82) is 0 Å². The van der Waals surface area contributed by atoms with Crippen LogP contribution in [0.25, 0.3) is 0 Å². The van der Waals surface area contributed by atoms with E-state index in [-0.39, 0.29) is 6.67 Å². The molecule has 0 amide bonds. The van der Waals surface area contributed by atoms with Gasteiger partial charge in [-0.05, 0) is 18.9 Å². The quantitative estimate of drug-likeness (QED) is 0.640. The van der Waals surface area contributed by atoms with Crippen molar-refractivity contribution in [3.63, 3.8) is 0 Å². The Bertz CT molecular complexity index is 99.6. The van der Waals surface area contributed by atoms with Gasteiger partial charge in [-0.15, -0.1) is 0 Å². The van der Waals surface area contributed by atoms with Crippen LogP contribution in [0.3, 0.4) is 0 Å². The maximum absolute atomic E-state index is 11.8. The van der Waals surface area contributed by atoms with E-state index in [4.69, 9.17) is 0 Å². The molecule has 1 rings (SSSR count). The van der Waals surface area contributed by atoms with Gasteiger partial charge in [0.25, 0.3) is 0 Å². The highest BCUT2D eigenvalue weighted by atomic mass is 79.9. The molecule has 1 heterocycles. The van der Waals surface area contributed by atoms with Crippen LogP contribution in [0.4, 0.5) is 4.39 Å². The summed E-state index contributed by atoms with van der Waals surface area (Å²) in [4.78, 5) is 2.19. The summed E-state index contributed by atoms with van der Waals surface area (Å²) in [5.41, 5.74) is 0. The molecule has 1 unspecified atom stereocenters. The van der Waals surface area contributed by atoms with E-state index in [0.29, 0.717) is 6.54 Å². The molecule has 0 aromatic heterocycles. The van der Waals surface area contributed by atoms with E-state index in [1.165, 1.54) is 6.42 Å². The van der Waals surface area contributed by atoms with Gasteiger partial charge in [-0.1, -0.05) is 15.9 Å². The summed E-state index contributed by atoms with van der Waals surface area (Å²) in [5.74, 6) is 0.756. The summed E-state index contributed by atoms with van der Waals surface area (Å²) in [6.45, 7) is 2.59. The maximum atomic E-state index is 11.8. The summed E-state index contributed by atoms with van der Waals surface area (Å²) < 4.78 is 11.8. The second kappa shape index (κ2) is 4.29. The standard InChI is InChI=1S/C7H13BrFN/c8-5-7-1-3-10(6-7)4-2-9/h7H,1-6H2. The third kappa shape index (κ3) is 2.20. The van der Waals surface area contributed by atoms with Crippen molar-refractivity contribution in [1.82, 2.24) is 4.90 Å². The van der Waals surface area contributed by atoms with Crippen LogP contribution in [-0.4, -0.2) is 36.5 Å². The zero-order valence-electron chi connectivity index (χ0n) is 6.02. The normalized spacial score (nSPS) is 27.6. The van der Waals surface area contributed by atoms with Gasteiger partial charge in [0, 0.05) is 18.4 Å². The van der Waals surface area contributed by atoms with E-state index in [9.17, 15) is 4.39 Å². The third-order valence-electron chi connectivity index (χ3n) is 1.99. The minimum Gasteiger partial charge on any atom is -0.300 e. The van der Waals surface area contributed by atoms with Crippen molar-refractivity contribution in [2.75, 3.05) is 31.6 Å². The minimum atomic E-state index is -0.199. The van der Waals surface area contributed by atoms with E-state index in [1.807, 2.05) is 0 Å². The number of likely N-dealkylation sites (tertiary alicyclic amines) is 1. The minimum absolute atomic E-state index is 0.199. The molecule has 1 aliphatic rings. The van der Waals surface area contributed by atoms with Gasteiger partial charge in [-0.3, -0.25) is 0 Å². The molecule has 0 aromatic rings. The van der Waals surface area contributed by atoms with Crippen LogP contribution in [0.1, 0.15) is 6.42 Å². The van der Waals surface area contributed by atoms with E-state index >= 15 is 0 Å². The van der Waals surface area contributed by atoms with Crippen molar-refractivity contribution in [2.45, 2.75) is 6.42 Å². The van der Waals surface area contributed by atoms with E-state index in [1.54, 1.807) is 0 Å². The highest BCUT2D eigenvalue weighted by Gasteiger charge is 2.20. The highest BCUT2D eigenvalue weighted by Crippen LogP contribution is 2.17. The van der Waals surface area contributed by atoms with Crippen LogP contribution >= 0.6 is 15.9 Å². The Morgan fingerprint density at radius 2 is 2.40 bits per heavy atom. The molecule has 60 valence electrons. The second-order valence-corrected chi connectivity index (χ2v) is 3.45. The Hall–Kier alpha value is 0.370. The summed E-state index contributed by atoms with van der Waals surface area (Å²) >= 11 is 3.43. The average Bonchev–Trinajstić information content (AvgIpc) is 2.37. The molecule has 0 radical (unpaired) electrons. The smallest absolute Gasteiger partial charge is 0.102 e. The lowest BCUT2D eigenvalue weighted by Crippen LogP contribution is -2.23. The van der Waals surface area contributed by atoms with Crippen molar-refractivity contribution < 1.29 is 4.39 Å². The number of halogens is 2. The fourth-order valence-electron chi connectivity index (χ4n) is 1.36. The molecule has 0 aromatic carbocycles. The Morgan fingerprint density at radius 1 is 1.60 bits per heavy atom. The Labute approximate surface area is 69.7 Å². The first-order valence-electron chi connectivity index (χ1n) is 3.71. The van der Waals surface area contributed by atoms with Crippen LogP contribution in [-0.2, 0) is 0 Å². The largest absolute Gasteiger partial charge is 0.300 e. The van der Waals surface area contributed by atoms with Gasteiger partial charge in [0.2, 0.25) is 0 Å². The summed E-state index contributed by atoms with van der Waals surface area (Å²) in [7, 11) is 0. The van der Waals surface area contributed by atoms with Crippen LogP contribution in [0.15, 0.2) is 0 Å². The number of hydrogen-bond acceptors (Lipinski definition) is 1. The fraction of sp³-hybridized carbons (Fsp3) is 1.00. The molecule has 0 saturated carbocycles. The molecule has 1 aliphatic heterocycles. The van der Waals surface area contributed by atoms with Gasteiger partial charge in [0.15, 0.2) is 0 Å². The Kier molecular flexibility index (Phi) is 3.63. The maximum Gasteiger partial charge on any atom is 0.102 e. The number of nitrogens with zero attached hydrogens (tertiary/aromatic N) is 1. The summed E-state index contributed by atoms with van der Waals surface area (Å²) in [6, 6.07) is 0. The highest BCUT2D eigenvalue weighted by molar-refractivity contribution is 9.09. The topological polar surface area (TPSA) is 3.24 Å². The van der Waals surface area contributed by atoms with Gasteiger partial charge in [0.05, 0.1) is 0 Å². The van der Waals surface area contributed by atoms with Gasteiger partial charge in [-0.2, -0.15) is 0 Å². The molecule has 0 aliphatic carbocycles. The second-order valence-electron chi connectivity index (χ2n) is 2.80. The van der Waals surface area contributed by atoms with Crippen LogP contribution in [0.5, 0.6) is 0 Å². The molecule has 0 spiro atoms. The number of rotatable bonds is 3. The Morgan fingerprint density at radius 3 is 2.90 bits per heavy atom. The van der Waals surface area contributed by atoms with Crippen molar-refractivity contribution in [3.05, 3.63) is 0 Å². The van der Waals surface area contributed by atoms with E-state index in [2.05, 4.69) is 20.8 Å². The first kappa shape index (κ1) is 8.47. The predicted octanol–water partition coefficient (Wildman–Crippen LogP) is 1.67. The lowest BCUT2D eigenvalue weighted by atomic mass is 10.2. The van der Waals surface area contributed by atoms with Gasteiger partial charge >= 0.3 is 0 Å². The van der Waals surface area contributed by atoms with Crippen molar-refractivity contribution >= 4 is 15.9 Å². The third-order valence-corrected chi connectivity index (χ3v) is 2.90. The van der Waals surface area contributed by atoms with Crippen molar-refractivity contribution in [2.24, 2.45) is 5.92 Å². The monoisotopic (exact) mass is 209 g/mol. The molecule has 1 atom stereocenters. The van der Waals surface area contributed by atoms with Crippen LogP contribution < -0.4 is 0 Å². The van der Waals surface area contributed by atoms with Crippen LogP contribution in [0.2, 0.25) is 0 Å². The van der Waals surface area contributed by atoms with E-state index in [0.717, 1.165) is 24.3 Å². The first-order valence-corrected chi connectivity index (χ1v) is 4.83. The summed E-state index contributed by atoms with van der Waals surface area (Å²) in [5, 5.41) is 1.07. The predicted molar refractivity (Wildman–Crippen MR) is 44.3 cm³/mol. The summed E-state index contributed by atoms with van der Waals surface area (Å²) in [6.07, 6.45) is 1.23. The Balaban J connectivity index is 2.15. The lowest BCUT2D eigenvalue weighted by Gasteiger charge is -2.11.